The van der Waals surface area contributed by atoms with Crippen molar-refractivity contribution in [3.63, 3.8) is 0 Å². The van der Waals surface area contributed by atoms with E-state index in [0.717, 1.165) is 141 Å². The van der Waals surface area contributed by atoms with E-state index >= 15 is 0 Å². The van der Waals surface area contributed by atoms with Gasteiger partial charge in [0, 0.05) is 19.3 Å². The van der Waals surface area contributed by atoms with Gasteiger partial charge in [0.15, 0.2) is 6.10 Å². The van der Waals surface area contributed by atoms with Crippen LogP contribution >= 0.6 is 0 Å². The molecule has 0 aromatic heterocycles. The Balaban J connectivity index is 4.57. The maximum Gasteiger partial charge on any atom is 0.306 e. The molecule has 0 aromatic carbocycles. The predicted octanol–water partition coefficient (Wildman–Crippen LogP) is 20.0. The minimum atomic E-state index is -0.837. The Morgan fingerprint density at radius 1 is 0.288 bits per heavy atom. The quantitative estimate of drug-likeness (QED) is 0.0261. The van der Waals surface area contributed by atoms with Gasteiger partial charge in [-0.1, -0.05) is 237 Å². The molecule has 0 saturated heterocycles. The van der Waals surface area contributed by atoms with Crippen molar-refractivity contribution in [1.29, 1.82) is 0 Å². The molecule has 0 heterocycles. The lowest BCUT2D eigenvalue weighted by Gasteiger charge is -2.18. The Labute approximate surface area is 448 Å². The van der Waals surface area contributed by atoms with E-state index in [0.29, 0.717) is 19.3 Å². The van der Waals surface area contributed by atoms with Crippen molar-refractivity contribution < 1.29 is 28.6 Å². The largest absolute Gasteiger partial charge is 0.462 e. The van der Waals surface area contributed by atoms with Gasteiger partial charge < -0.3 is 14.2 Å². The number of carbonyl (C=O) groups is 3. The van der Waals surface area contributed by atoms with Gasteiger partial charge in [-0.15, -0.1) is 0 Å². The molecule has 0 N–H and O–H groups in total. The molecule has 0 bridgehead atoms. The first-order valence-electron chi connectivity index (χ1n) is 29.3. The first-order valence-corrected chi connectivity index (χ1v) is 29.3. The van der Waals surface area contributed by atoms with E-state index in [-0.39, 0.29) is 31.6 Å². The van der Waals surface area contributed by atoms with Gasteiger partial charge in [0.2, 0.25) is 0 Å². The summed E-state index contributed by atoms with van der Waals surface area (Å²) in [6, 6.07) is 0. The number of carbonyl (C=O) groups excluding carboxylic acids is 3. The van der Waals surface area contributed by atoms with Gasteiger partial charge in [-0.3, -0.25) is 14.4 Å². The highest BCUT2D eigenvalue weighted by Crippen LogP contribution is 2.13. The lowest BCUT2D eigenvalue weighted by Crippen LogP contribution is -2.30. The SMILES string of the molecule is CC/C=C\C/C=C\C/C=C\C/C=C\C/C=C\C/C=C\CCC(=O)OC(COC(=O)CCCCCCC/C=C\C/C=C\C/C=C\C/C=C\C/C=C\CC)COC(=O)CCCCCCC/C=C\CCCCCCCC. The lowest BCUT2D eigenvalue weighted by atomic mass is 10.1. The van der Waals surface area contributed by atoms with Crippen LogP contribution in [-0.4, -0.2) is 37.2 Å². The average molecular weight is 1010 g/mol. The fourth-order valence-electron chi connectivity index (χ4n) is 7.49. The van der Waals surface area contributed by atoms with Gasteiger partial charge in [-0.25, -0.2) is 0 Å². The third-order valence-corrected chi connectivity index (χ3v) is 11.8. The molecule has 6 nitrogen and oxygen atoms in total. The molecule has 1 atom stereocenters. The van der Waals surface area contributed by atoms with Crippen molar-refractivity contribution in [2.75, 3.05) is 13.2 Å². The Morgan fingerprint density at radius 3 is 0.904 bits per heavy atom. The molecule has 0 rings (SSSR count). The van der Waals surface area contributed by atoms with Crippen LogP contribution in [0.4, 0.5) is 0 Å². The zero-order valence-corrected chi connectivity index (χ0v) is 46.8. The Hall–Kier alpha value is -4.71. The van der Waals surface area contributed by atoms with Crippen molar-refractivity contribution in [3.8, 4) is 0 Å². The van der Waals surface area contributed by atoms with Crippen LogP contribution in [0.15, 0.2) is 146 Å². The van der Waals surface area contributed by atoms with E-state index in [1.165, 1.54) is 51.4 Å². The number of esters is 3. The Morgan fingerprint density at radius 2 is 0.562 bits per heavy atom. The van der Waals surface area contributed by atoms with E-state index in [9.17, 15) is 14.4 Å². The molecule has 410 valence electrons. The number of ether oxygens (including phenoxy) is 3. The molecule has 6 heteroatoms. The van der Waals surface area contributed by atoms with E-state index < -0.39 is 12.1 Å². The molecule has 0 aliphatic heterocycles. The van der Waals surface area contributed by atoms with Crippen LogP contribution in [0.1, 0.15) is 239 Å². The summed E-state index contributed by atoms with van der Waals surface area (Å²) in [5.74, 6) is -1.04. The van der Waals surface area contributed by atoms with E-state index in [2.05, 4.69) is 154 Å². The summed E-state index contributed by atoms with van der Waals surface area (Å²) in [6.07, 6.45) is 85.6. The maximum absolute atomic E-state index is 12.8. The highest BCUT2D eigenvalue weighted by atomic mass is 16.6. The fourth-order valence-corrected chi connectivity index (χ4v) is 7.49. The first kappa shape index (κ1) is 68.3. The summed E-state index contributed by atoms with van der Waals surface area (Å²) in [5.41, 5.74) is 0. The monoisotopic (exact) mass is 1010 g/mol. The summed E-state index contributed by atoms with van der Waals surface area (Å²) in [6.45, 7) is 6.31. The highest BCUT2D eigenvalue weighted by Gasteiger charge is 2.19. The Bertz CT molecular complexity index is 1630. The number of unbranched alkanes of at least 4 members (excludes halogenated alkanes) is 16. The summed E-state index contributed by atoms with van der Waals surface area (Å²) in [4.78, 5) is 38.2. The second-order valence-electron chi connectivity index (χ2n) is 18.8. The van der Waals surface area contributed by atoms with Gasteiger partial charge in [0.05, 0.1) is 0 Å². The van der Waals surface area contributed by atoms with Crippen molar-refractivity contribution >= 4 is 17.9 Å². The van der Waals surface area contributed by atoms with E-state index in [4.69, 9.17) is 14.2 Å². The van der Waals surface area contributed by atoms with Crippen LogP contribution in [0.3, 0.4) is 0 Å². The van der Waals surface area contributed by atoms with Gasteiger partial charge in [0.1, 0.15) is 13.2 Å². The zero-order valence-electron chi connectivity index (χ0n) is 46.8. The van der Waals surface area contributed by atoms with Crippen LogP contribution in [-0.2, 0) is 28.6 Å². The molecule has 0 spiro atoms. The second kappa shape index (κ2) is 59.8. The summed E-state index contributed by atoms with van der Waals surface area (Å²) in [5, 5.41) is 0. The number of rotatable bonds is 51. The smallest absolute Gasteiger partial charge is 0.306 e. The van der Waals surface area contributed by atoms with Crippen LogP contribution < -0.4 is 0 Å². The van der Waals surface area contributed by atoms with Crippen LogP contribution in [0, 0.1) is 0 Å². The third-order valence-electron chi connectivity index (χ3n) is 11.8. The summed E-state index contributed by atoms with van der Waals surface area (Å²) >= 11 is 0. The molecule has 73 heavy (non-hydrogen) atoms. The van der Waals surface area contributed by atoms with Crippen molar-refractivity contribution in [2.24, 2.45) is 0 Å². The molecular formula is C67H106O6. The van der Waals surface area contributed by atoms with Crippen LogP contribution in [0.25, 0.3) is 0 Å². The van der Waals surface area contributed by atoms with Gasteiger partial charge in [-0.2, -0.15) is 0 Å². The maximum atomic E-state index is 12.8. The summed E-state index contributed by atoms with van der Waals surface area (Å²) in [7, 11) is 0. The third kappa shape index (κ3) is 58.1. The van der Waals surface area contributed by atoms with Crippen LogP contribution in [0.5, 0.6) is 0 Å². The average Bonchev–Trinajstić information content (AvgIpc) is 3.39. The number of hydrogen-bond donors (Lipinski definition) is 0. The standard InChI is InChI=1S/C67H106O6/c1-4-7-10-13-16-19-22-25-28-30-32-33-35-36-39-42-45-48-51-54-57-60-66(69)72-63-64(62-71-65(68)59-56-53-50-47-44-41-38-27-24-21-18-15-12-9-6-3)73-67(70)61-58-55-52-49-46-43-40-37-34-31-29-26-23-20-17-14-11-8-5-2/h7-8,10-11,16-17,19-20,25-29,32-34,36-39,43,46,52,55,64H,4-6,9,12-15,18,21-24,30-31,35,40-42,44-45,47-51,53-54,56-63H2,1-3H3/b10-7-,11-8-,19-16-,20-17-,28-25-,29-26-,33-32-,37-34-,38-27-,39-36-,46-43-,55-52-. The van der Waals surface area contributed by atoms with Crippen LogP contribution in [0.2, 0.25) is 0 Å². The molecule has 0 radical (unpaired) electrons. The molecule has 0 saturated carbocycles. The molecule has 0 amide bonds. The minimum absolute atomic E-state index is 0.124. The van der Waals surface area contributed by atoms with E-state index in [1.54, 1.807) is 0 Å². The Kier molecular flexibility index (Phi) is 56.0. The molecule has 0 fully saturated rings. The molecule has 0 aliphatic rings. The van der Waals surface area contributed by atoms with Crippen molar-refractivity contribution in [2.45, 2.75) is 245 Å². The van der Waals surface area contributed by atoms with Gasteiger partial charge >= 0.3 is 17.9 Å². The normalized spacial score (nSPS) is 13.2. The van der Waals surface area contributed by atoms with Gasteiger partial charge in [-0.05, 0) is 128 Å². The topological polar surface area (TPSA) is 78.9 Å². The van der Waals surface area contributed by atoms with Crippen molar-refractivity contribution in [1.82, 2.24) is 0 Å². The molecule has 0 aromatic rings. The minimum Gasteiger partial charge on any atom is -0.462 e. The summed E-state index contributed by atoms with van der Waals surface area (Å²) < 4.78 is 16.8. The lowest BCUT2D eigenvalue weighted by molar-refractivity contribution is -0.166. The number of allylic oxidation sites excluding steroid dienone is 24. The van der Waals surface area contributed by atoms with Gasteiger partial charge in [0.25, 0.3) is 0 Å². The first-order chi connectivity index (χ1) is 36.0. The second-order valence-corrected chi connectivity index (χ2v) is 18.8. The number of hydrogen-bond acceptors (Lipinski definition) is 6. The molecule has 1 unspecified atom stereocenters. The van der Waals surface area contributed by atoms with Crippen molar-refractivity contribution in [3.05, 3.63) is 146 Å². The predicted molar refractivity (Wildman–Crippen MR) is 315 cm³/mol. The molecular weight excluding hydrogens is 901 g/mol. The molecule has 0 aliphatic carbocycles. The van der Waals surface area contributed by atoms with E-state index in [1.807, 2.05) is 12.2 Å². The highest BCUT2D eigenvalue weighted by molar-refractivity contribution is 5.71. The fraction of sp³-hybridized carbons (Fsp3) is 0.597. The zero-order chi connectivity index (χ0) is 52.9.